The summed E-state index contributed by atoms with van der Waals surface area (Å²) in [5, 5.41) is 0. The van der Waals surface area contributed by atoms with Gasteiger partial charge in [-0.25, -0.2) is 4.79 Å². The molecular weight excluding hydrogens is 246 g/mol. The van der Waals surface area contributed by atoms with Gasteiger partial charge in [0.1, 0.15) is 0 Å². The van der Waals surface area contributed by atoms with E-state index in [-0.39, 0.29) is 12.0 Å². The zero-order valence-corrected chi connectivity index (χ0v) is 11.7. The SMILES string of the molecule is CC(C)C[C@H]1C[C@]2(ON1)OC1(CCCCC1)OC2=O. The van der Waals surface area contributed by atoms with Gasteiger partial charge in [0.05, 0.1) is 0 Å². The summed E-state index contributed by atoms with van der Waals surface area (Å²) in [7, 11) is 0. The lowest BCUT2D eigenvalue weighted by Crippen LogP contribution is -2.39. The van der Waals surface area contributed by atoms with Crippen molar-refractivity contribution in [2.24, 2.45) is 5.92 Å². The highest BCUT2D eigenvalue weighted by Gasteiger charge is 2.62. The molecule has 0 aromatic carbocycles. The summed E-state index contributed by atoms with van der Waals surface area (Å²) in [4.78, 5) is 17.7. The summed E-state index contributed by atoms with van der Waals surface area (Å²) < 4.78 is 11.6. The zero-order valence-electron chi connectivity index (χ0n) is 11.7. The number of esters is 1. The molecule has 2 heterocycles. The molecule has 3 rings (SSSR count). The molecule has 0 radical (unpaired) electrons. The maximum absolute atomic E-state index is 12.2. The van der Waals surface area contributed by atoms with Crippen molar-refractivity contribution in [3.8, 4) is 0 Å². The van der Waals surface area contributed by atoms with Gasteiger partial charge in [-0.3, -0.25) is 9.57 Å². The van der Waals surface area contributed by atoms with E-state index >= 15 is 0 Å². The normalized spacial score (nSPS) is 37.4. The molecule has 108 valence electrons. The van der Waals surface area contributed by atoms with Crippen molar-refractivity contribution in [3.63, 3.8) is 0 Å². The molecule has 5 nitrogen and oxygen atoms in total. The quantitative estimate of drug-likeness (QED) is 0.779. The molecule has 0 unspecified atom stereocenters. The molecule has 0 aromatic rings. The lowest BCUT2D eigenvalue weighted by molar-refractivity contribution is -0.270. The summed E-state index contributed by atoms with van der Waals surface area (Å²) in [6.07, 6.45) is 6.37. The number of hydroxylamine groups is 1. The van der Waals surface area contributed by atoms with Gasteiger partial charge in [-0.2, -0.15) is 5.48 Å². The Morgan fingerprint density at radius 1 is 1.32 bits per heavy atom. The minimum Gasteiger partial charge on any atom is -0.429 e. The van der Waals surface area contributed by atoms with E-state index < -0.39 is 11.6 Å². The highest BCUT2D eigenvalue weighted by atomic mass is 16.9. The highest BCUT2D eigenvalue weighted by molar-refractivity contribution is 5.80. The first-order valence-corrected chi connectivity index (χ1v) is 7.41. The van der Waals surface area contributed by atoms with Crippen LogP contribution in [0.5, 0.6) is 0 Å². The van der Waals surface area contributed by atoms with Crippen molar-refractivity contribution in [1.29, 1.82) is 0 Å². The number of carbonyl (C=O) groups excluding carboxylic acids is 1. The van der Waals surface area contributed by atoms with Gasteiger partial charge in [-0.05, 0) is 25.2 Å². The fraction of sp³-hybridized carbons (Fsp3) is 0.929. The first-order chi connectivity index (χ1) is 9.04. The maximum Gasteiger partial charge on any atom is 0.371 e. The average molecular weight is 269 g/mol. The second kappa shape index (κ2) is 4.72. The first-order valence-electron chi connectivity index (χ1n) is 7.41. The van der Waals surface area contributed by atoms with E-state index in [1.54, 1.807) is 0 Å². The Labute approximate surface area is 113 Å². The van der Waals surface area contributed by atoms with E-state index in [4.69, 9.17) is 14.3 Å². The molecular formula is C14H23NO4. The summed E-state index contributed by atoms with van der Waals surface area (Å²) in [5.41, 5.74) is 2.95. The monoisotopic (exact) mass is 269 g/mol. The molecule has 3 aliphatic rings. The van der Waals surface area contributed by atoms with Crippen LogP contribution in [-0.4, -0.2) is 23.6 Å². The molecule has 1 N–H and O–H groups in total. The van der Waals surface area contributed by atoms with Crippen molar-refractivity contribution < 1.29 is 19.1 Å². The zero-order chi connectivity index (χ0) is 13.5. The molecule has 0 amide bonds. The van der Waals surface area contributed by atoms with Gasteiger partial charge in [0.25, 0.3) is 5.79 Å². The van der Waals surface area contributed by atoms with E-state index in [0.717, 1.165) is 32.1 Å². The van der Waals surface area contributed by atoms with Crippen molar-refractivity contribution in [3.05, 3.63) is 0 Å². The van der Waals surface area contributed by atoms with Gasteiger partial charge in [0, 0.05) is 25.3 Å². The Kier molecular flexibility index (Phi) is 3.31. The fourth-order valence-electron chi connectivity index (χ4n) is 3.38. The third-order valence-corrected chi connectivity index (χ3v) is 4.22. The first kappa shape index (κ1) is 13.3. The van der Waals surface area contributed by atoms with E-state index in [0.29, 0.717) is 12.3 Å². The Morgan fingerprint density at radius 3 is 2.74 bits per heavy atom. The number of carbonyl (C=O) groups is 1. The van der Waals surface area contributed by atoms with Crippen LogP contribution in [0.2, 0.25) is 0 Å². The number of hydrogen-bond donors (Lipinski definition) is 1. The molecule has 0 aromatic heterocycles. The Bertz CT molecular complexity index is 364. The largest absolute Gasteiger partial charge is 0.429 e. The van der Waals surface area contributed by atoms with Crippen LogP contribution >= 0.6 is 0 Å². The minimum absolute atomic E-state index is 0.159. The van der Waals surface area contributed by atoms with Crippen LogP contribution in [0.25, 0.3) is 0 Å². The number of hydrogen-bond acceptors (Lipinski definition) is 5. The van der Waals surface area contributed by atoms with Gasteiger partial charge in [-0.1, -0.05) is 20.3 Å². The average Bonchev–Trinajstić information content (AvgIpc) is 2.83. The van der Waals surface area contributed by atoms with Crippen LogP contribution in [0.1, 0.15) is 58.8 Å². The fourth-order valence-corrected chi connectivity index (χ4v) is 3.38. The molecule has 0 bridgehead atoms. The summed E-state index contributed by atoms with van der Waals surface area (Å²) in [5.74, 6) is -1.72. The Morgan fingerprint density at radius 2 is 2.05 bits per heavy atom. The summed E-state index contributed by atoms with van der Waals surface area (Å²) >= 11 is 0. The molecule has 2 spiro atoms. The van der Waals surface area contributed by atoms with Gasteiger partial charge in [0.2, 0.25) is 5.79 Å². The topological polar surface area (TPSA) is 56.8 Å². The Balaban J connectivity index is 1.70. The van der Waals surface area contributed by atoms with Crippen molar-refractivity contribution >= 4 is 5.97 Å². The summed E-state index contributed by atoms with van der Waals surface area (Å²) in [6.45, 7) is 4.31. The predicted molar refractivity (Wildman–Crippen MR) is 67.8 cm³/mol. The van der Waals surface area contributed by atoms with Crippen LogP contribution < -0.4 is 5.48 Å². The molecule has 2 atom stereocenters. The van der Waals surface area contributed by atoms with Crippen molar-refractivity contribution in [2.75, 3.05) is 0 Å². The van der Waals surface area contributed by atoms with E-state index in [9.17, 15) is 4.79 Å². The molecule has 19 heavy (non-hydrogen) atoms. The Hall–Kier alpha value is -0.650. The number of rotatable bonds is 2. The standard InChI is InChI=1S/C14H23NO4/c1-10(2)8-11-9-14(19-15-11)12(16)17-13(18-14)6-4-3-5-7-13/h10-11,15H,3-9H2,1-2H3/t11-,14+/m0/s1. The predicted octanol–water partition coefficient (Wildman–Crippen LogP) is 2.26. The van der Waals surface area contributed by atoms with Crippen LogP contribution in [0, 0.1) is 5.92 Å². The van der Waals surface area contributed by atoms with Crippen molar-refractivity contribution in [2.45, 2.75) is 76.4 Å². The van der Waals surface area contributed by atoms with Gasteiger partial charge in [0.15, 0.2) is 0 Å². The molecule has 3 fully saturated rings. The molecule has 1 aliphatic carbocycles. The smallest absolute Gasteiger partial charge is 0.371 e. The summed E-state index contributed by atoms with van der Waals surface area (Å²) in [6, 6.07) is 0.159. The van der Waals surface area contributed by atoms with Crippen LogP contribution in [0.3, 0.4) is 0 Å². The molecule has 1 saturated carbocycles. The van der Waals surface area contributed by atoms with E-state index in [1.807, 2.05) is 0 Å². The van der Waals surface area contributed by atoms with Crippen LogP contribution in [-0.2, 0) is 19.1 Å². The van der Waals surface area contributed by atoms with Gasteiger partial charge in [-0.15, -0.1) is 0 Å². The molecule has 5 heteroatoms. The second-order valence-electron chi connectivity index (χ2n) is 6.47. The maximum atomic E-state index is 12.2. The minimum atomic E-state index is -1.20. The number of nitrogens with one attached hydrogen (secondary N) is 1. The molecule has 2 saturated heterocycles. The third-order valence-electron chi connectivity index (χ3n) is 4.22. The molecule has 2 aliphatic heterocycles. The second-order valence-corrected chi connectivity index (χ2v) is 6.47. The van der Waals surface area contributed by atoms with Gasteiger partial charge < -0.3 is 4.74 Å². The van der Waals surface area contributed by atoms with Crippen LogP contribution in [0.4, 0.5) is 0 Å². The lowest BCUT2D eigenvalue weighted by Gasteiger charge is -2.31. The van der Waals surface area contributed by atoms with E-state index in [2.05, 4.69) is 19.3 Å². The lowest BCUT2D eigenvalue weighted by atomic mass is 9.94. The number of ether oxygens (including phenoxy) is 2. The van der Waals surface area contributed by atoms with E-state index in [1.165, 1.54) is 6.42 Å². The third kappa shape index (κ3) is 2.39. The van der Waals surface area contributed by atoms with Gasteiger partial charge >= 0.3 is 5.97 Å². The van der Waals surface area contributed by atoms with Crippen molar-refractivity contribution in [1.82, 2.24) is 5.48 Å². The van der Waals surface area contributed by atoms with Crippen LogP contribution in [0.15, 0.2) is 0 Å². The highest BCUT2D eigenvalue weighted by Crippen LogP contribution is 2.46.